The summed E-state index contributed by atoms with van der Waals surface area (Å²) in [5, 5.41) is 2.74. The molecule has 8 nitrogen and oxygen atoms in total. The Morgan fingerprint density at radius 1 is 0.919 bits per heavy atom. The Bertz CT molecular complexity index is 1640. The number of sulfonamides is 1. The molecule has 1 amide bonds. The molecule has 0 unspecified atom stereocenters. The monoisotopic (exact) mass is 514 g/mol. The van der Waals surface area contributed by atoms with Gasteiger partial charge in [-0.05, 0) is 74.7 Å². The van der Waals surface area contributed by atoms with E-state index in [2.05, 4.69) is 27.2 Å². The van der Waals surface area contributed by atoms with Gasteiger partial charge >= 0.3 is 0 Å². The van der Waals surface area contributed by atoms with Gasteiger partial charge in [0.25, 0.3) is 15.9 Å². The fraction of sp³-hybridized carbons (Fsp3) is 0.179. The number of benzene rings is 3. The van der Waals surface area contributed by atoms with Crippen molar-refractivity contribution < 1.29 is 17.9 Å². The highest BCUT2D eigenvalue weighted by Gasteiger charge is 2.24. The number of hydrogen-bond donors (Lipinski definition) is 2. The van der Waals surface area contributed by atoms with Crippen LogP contribution in [-0.2, 0) is 16.4 Å². The number of rotatable bonds is 2. The molecule has 2 N–H and O–H groups in total. The number of ether oxygens (including phenoxy) is 1. The van der Waals surface area contributed by atoms with Crippen molar-refractivity contribution in [2.45, 2.75) is 39.0 Å². The summed E-state index contributed by atoms with van der Waals surface area (Å²) in [6.07, 6.45) is 0.534. The van der Waals surface area contributed by atoms with Crippen LogP contribution in [0.1, 0.15) is 39.5 Å². The predicted molar refractivity (Wildman–Crippen MR) is 143 cm³/mol. The average molecular weight is 515 g/mol. The van der Waals surface area contributed by atoms with Crippen molar-refractivity contribution in [3.8, 4) is 22.9 Å². The van der Waals surface area contributed by atoms with Crippen LogP contribution in [0.5, 0.6) is 11.6 Å². The molecule has 188 valence electrons. The van der Waals surface area contributed by atoms with E-state index in [9.17, 15) is 13.2 Å². The minimum absolute atomic E-state index is 0.0361. The molecule has 5 rings (SSSR count). The maximum absolute atomic E-state index is 13.3. The summed E-state index contributed by atoms with van der Waals surface area (Å²) in [5.74, 6) is 0.108. The van der Waals surface area contributed by atoms with E-state index in [1.54, 1.807) is 36.4 Å². The molecule has 0 atom stereocenters. The summed E-state index contributed by atoms with van der Waals surface area (Å²) >= 11 is 0. The highest BCUT2D eigenvalue weighted by molar-refractivity contribution is 7.92. The fourth-order valence-electron chi connectivity index (χ4n) is 4.61. The van der Waals surface area contributed by atoms with Crippen LogP contribution in [-0.4, -0.2) is 24.3 Å². The van der Waals surface area contributed by atoms with Gasteiger partial charge in [0.2, 0.25) is 11.8 Å². The van der Waals surface area contributed by atoms with E-state index in [1.165, 1.54) is 12.1 Å². The Morgan fingerprint density at radius 3 is 2.38 bits per heavy atom. The van der Waals surface area contributed by atoms with Crippen LogP contribution in [0.4, 0.5) is 11.6 Å². The number of aryl methyl sites for hydroxylation is 3. The van der Waals surface area contributed by atoms with Gasteiger partial charge < -0.3 is 10.1 Å². The second kappa shape index (κ2) is 9.33. The third-order valence-corrected chi connectivity index (χ3v) is 7.50. The lowest BCUT2D eigenvalue weighted by Gasteiger charge is -2.19. The zero-order chi connectivity index (χ0) is 26.3. The topological polar surface area (TPSA) is 110 Å². The SMILES string of the molecule is CCc1c2nc(nc1-c1c(C)cc(C)cc1C)NS(=O)(=O)c1cccc(c1)NC(=O)c1cccc(c1)O2. The Morgan fingerprint density at radius 2 is 1.65 bits per heavy atom. The van der Waals surface area contributed by atoms with E-state index in [-0.39, 0.29) is 16.7 Å². The quantitative estimate of drug-likeness (QED) is 0.350. The van der Waals surface area contributed by atoms with Crippen LogP contribution in [0.3, 0.4) is 0 Å². The molecule has 0 saturated carbocycles. The normalized spacial score (nSPS) is 14.1. The third kappa shape index (κ3) is 4.77. The first-order valence-corrected chi connectivity index (χ1v) is 13.3. The standard InChI is InChI=1S/C28H26N4O4S/c1-5-23-25(24-17(3)12-16(2)13-18(24)4)30-28-31-27(23)36-21-10-6-8-19(14-21)26(33)29-20-9-7-11-22(15-20)37(34,35)32-28/h6-15H,5H2,1-4H3,(H,29,33)(H,30,31,32). The number of fused-ring (bicyclic) bond motifs is 6. The molecule has 9 heteroatoms. The molecule has 0 aliphatic carbocycles. The van der Waals surface area contributed by atoms with Crippen molar-refractivity contribution in [1.82, 2.24) is 9.97 Å². The molecule has 4 aromatic rings. The van der Waals surface area contributed by atoms with E-state index in [0.29, 0.717) is 29.1 Å². The van der Waals surface area contributed by atoms with Crippen molar-refractivity contribution in [3.05, 3.63) is 88.5 Å². The summed E-state index contributed by atoms with van der Waals surface area (Å²) in [5.41, 5.74) is 6.04. The van der Waals surface area contributed by atoms with Crippen molar-refractivity contribution >= 4 is 27.6 Å². The van der Waals surface area contributed by atoms with E-state index in [1.807, 2.05) is 27.7 Å². The van der Waals surface area contributed by atoms with Crippen LogP contribution in [0.25, 0.3) is 11.3 Å². The van der Waals surface area contributed by atoms with Gasteiger partial charge in [0.05, 0.1) is 10.6 Å². The maximum Gasteiger partial charge on any atom is 0.264 e. The minimum atomic E-state index is -4.07. The number of anilines is 2. The van der Waals surface area contributed by atoms with Crippen molar-refractivity contribution in [1.29, 1.82) is 0 Å². The molecule has 6 bridgehead atoms. The largest absolute Gasteiger partial charge is 0.439 e. The lowest BCUT2D eigenvalue weighted by Crippen LogP contribution is -2.18. The lowest BCUT2D eigenvalue weighted by atomic mass is 9.94. The number of aromatic nitrogens is 2. The number of carbonyl (C=O) groups excluding carboxylic acids is 1. The van der Waals surface area contributed by atoms with Crippen LogP contribution in [0.15, 0.2) is 65.6 Å². The van der Waals surface area contributed by atoms with Crippen molar-refractivity contribution in [2.75, 3.05) is 10.0 Å². The highest BCUT2D eigenvalue weighted by atomic mass is 32.2. The second-order valence-corrected chi connectivity index (χ2v) is 10.7. The molecular weight excluding hydrogens is 488 g/mol. The molecular formula is C28H26N4O4S. The van der Waals surface area contributed by atoms with Crippen LogP contribution in [0, 0.1) is 20.8 Å². The van der Waals surface area contributed by atoms with Crippen LogP contribution in [0.2, 0.25) is 0 Å². The maximum atomic E-state index is 13.3. The van der Waals surface area contributed by atoms with E-state index in [0.717, 1.165) is 27.8 Å². The summed E-state index contributed by atoms with van der Waals surface area (Å²) < 4.78 is 35.3. The van der Waals surface area contributed by atoms with Gasteiger partial charge in [0.1, 0.15) is 5.75 Å². The minimum Gasteiger partial charge on any atom is -0.439 e. The van der Waals surface area contributed by atoms with Gasteiger partial charge in [-0.3, -0.25) is 4.79 Å². The number of carbonyl (C=O) groups is 1. The summed E-state index contributed by atoms with van der Waals surface area (Å²) in [6, 6.07) is 16.9. The molecule has 0 saturated heterocycles. The molecule has 37 heavy (non-hydrogen) atoms. The number of hydrogen-bond acceptors (Lipinski definition) is 6. The Hall–Kier alpha value is -4.24. The molecule has 1 aromatic heterocycles. The van der Waals surface area contributed by atoms with Crippen LogP contribution < -0.4 is 14.8 Å². The molecule has 0 fully saturated rings. The molecule has 1 aliphatic rings. The van der Waals surface area contributed by atoms with Gasteiger partial charge in [-0.2, -0.15) is 4.98 Å². The summed E-state index contributed by atoms with van der Waals surface area (Å²) in [4.78, 5) is 22.0. The zero-order valence-electron chi connectivity index (χ0n) is 20.9. The van der Waals surface area contributed by atoms with Gasteiger partial charge in [-0.15, -0.1) is 0 Å². The molecule has 3 aromatic carbocycles. The van der Waals surface area contributed by atoms with Crippen LogP contribution >= 0.6 is 0 Å². The van der Waals surface area contributed by atoms with E-state index >= 15 is 0 Å². The van der Waals surface area contributed by atoms with Crippen molar-refractivity contribution in [2.24, 2.45) is 0 Å². The smallest absolute Gasteiger partial charge is 0.264 e. The molecule has 0 radical (unpaired) electrons. The summed E-state index contributed by atoms with van der Waals surface area (Å²) in [6.45, 7) is 7.99. The molecule has 1 aliphatic heterocycles. The van der Waals surface area contributed by atoms with E-state index < -0.39 is 15.9 Å². The number of nitrogens with one attached hydrogen (secondary N) is 2. The number of nitrogens with zero attached hydrogens (tertiary/aromatic N) is 2. The highest BCUT2D eigenvalue weighted by Crippen LogP contribution is 2.37. The van der Waals surface area contributed by atoms with Gasteiger partial charge in [-0.25, -0.2) is 18.1 Å². The second-order valence-electron chi connectivity index (χ2n) is 9.02. The predicted octanol–water partition coefficient (Wildman–Crippen LogP) is 5.79. The fourth-order valence-corrected chi connectivity index (χ4v) is 5.60. The number of amides is 1. The van der Waals surface area contributed by atoms with Gasteiger partial charge in [0, 0.05) is 22.4 Å². The first kappa shape index (κ1) is 24.5. The summed E-state index contributed by atoms with van der Waals surface area (Å²) in [7, 11) is -4.07. The Balaban J connectivity index is 1.79. The first-order chi connectivity index (χ1) is 17.6. The zero-order valence-corrected chi connectivity index (χ0v) is 21.7. The molecule has 0 spiro atoms. The Kier molecular flexibility index (Phi) is 6.16. The first-order valence-electron chi connectivity index (χ1n) is 11.9. The molecule has 2 heterocycles. The van der Waals surface area contributed by atoms with Crippen molar-refractivity contribution in [3.63, 3.8) is 0 Å². The van der Waals surface area contributed by atoms with Gasteiger partial charge in [0.15, 0.2) is 0 Å². The third-order valence-electron chi connectivity index (χ3n) is 6.18. The van der Waals surface area contributed by atoms with E-state index in [4.69, 9.17) is 9.72 Å². The Labute approximate surface area is 215 Å². The van der Waals surface area contributed by atoms with Gasteiger partial charge in [-0.1, -0.05) is 36.8 Å². The average Bonchev–Trinajstić information content (AvgIpc) is 2.83. The lowest BCUT2D eigenvalue weighted by molar-refractivity contribution is 0.102.